The van der Waals surface area contributed by atoms with Gasteiger partial charge in [0.2, 0.25) is 10.0 Å². The van der Waals surface area contributed by atoms with Crippen LogP contribution in [0.4, 0.5) is 5.69 Å². The summed E-state index contributed by atoms with van der Waals surface area (Å²) < 4.78 is 54.0. The van der Waals surface area contributed by atoms with Gasteiger partial charge in [0.1, 0.15) is 17.2 Å². The average molecular weight is 882 g/mol. The first-order valence-electron chi connectivity index (χ1n) is 20.9. The molecular weight excluding hydrogens is 828 g/mol. The van der Waals surface area contributed by atoms with E-state index >= 15 is 0 Å². The van der Waals surface area contributed by atoms with Crippen LogP contribution >= 0.6 is 23.4 Å². The van der Waals surface area contributed by atoms with Crippen molar-refractivity contribution in [2.75, 3.05) is 51.7 Å². The number of fused-ring (bicyclic) bond motifs is 3. The number of halogens is 1. The quantitative estimate of drug-likeness (QED) is 0.0753. The Hall–Kier alpha value is -4.68. The minimum Gasteiger partial charge on any atom is -0.497 e. The van der Waals surface area contributed by atoms with Crippen molar-refractivity contribution < 1.29 is 32.2 Å². The second kappa shape index (κ2) is 18.7. The van der Waals surface area contributed by atoms with Crippen molar-refractivity contribution in [1.29, 1.82) is 0 Å². The third-order valence-electron chi connectivity index (χ3n) is 12.7. The van der Waals surface area contributed by atoms with Crippen LogP contribution in [0.15, 0.2) is 119 Å². The SMILES string of the molecule is COC(=O)Cc1cccc(SC[C@@H]2CC[C@H]2CN2C[C@@]3(CCCc4cc(Cl)ccc43)COc3ccc(S(=O)(=O)N(Cc4ccc(OC)cc4)Cc4ccc(OC)cc4)cc32)c1. The van der Waals surface area contributed by atoms with Crippen LogP contribution in [0.2, 0.25) is 5.02 Å². The summed E-state index contributed by atoms with van der Waals surface area (Å²) in [5, 5.41) is 0.736. The lowest BCUT2D eigenvalue weighted by atomic mass is 9.69. The number of methoxy groups -OCH3 is 3. The minimum atomic E-state index is -4.03. The Bertz CT molecular complexity index is 2400. The van der Waals surface area contributed by atoms with Crippen LogP contribution in [0.25, 0.3) is 0 Å². The van der Waals surface area contributed by atoms with E-state index in [-0.39, 0.29) is 35.8 Å². The highest BCUT2D eigenvalue weighted by atomic mass is 35.5. The van der Waals surface area contributed by atoms with Crippen LogP contribution in [0.1, 0.15) is 53.5 Å². The number of nitrogens with zero attached hydrogens (tertiary/aromatic N) is 2. The Morgan fingerprint density at radius 1 is 0.852 bits per heavy atom. The molecule has 3 aliphatic rings. The number of carbonyl (C=O) groups excluding carboxylic acids is 1. The summed E-state index contributed by atoms with van der Waals surface area (Å²) in [6, 6.07) is 34.9. The second-order valence-corrected chi connectivity index (χ2v) is 20.0. The third-order valence-corrected chi connectivity index (χ3v) is 15.9. The van der Waals surface area contributed by atoms with Gasteiger partial charge in [0.05, 0.1) is 44.9 Å². The molecule has 320 valence electrons. The molecule has 0 radical (unpaired) electrons. The predicted molar refractivity (Wildman–Crippen MR) is 242 cm³/mol. The molecule has 5 aromatic rings. The van der Waals surface area contributed by atoms with Gasteiger partial charge in [-0.05, 0) is 138 Å². The largest absolute Gasteiger partial charge is 0.497 e. The monoisotopic (exact) mass is 880 g/mol. The van der Waals surface area contributed by atoms with E-state index in [4.69, 9.17) is 30.5 Å². The number of rotatable bonds is 15. The van der Waals surface area contributed by atoms with Gasteiger partial charge >= 0.3 is 5.97 Å². The number of hydrogen-bond acceptors (Lipinski definition) is 9. The minimum absolute atomic E-state index is 0.172. The van der Waals surface area contributed by atoms with E-state index in [1.165, 1.54) is 18.2 Å². The molecule has 1 aliphatic heterocycles. The second-order valence-electron chi connectivity index (χ2n) is 16.5. The Morgan fingerprint density at radius 3 is 2.21 bits per heavy atom. The van der Waals surface area contributed by atoms with E-state index in [1.807, 2.05) is 90.6 Å². The van der Waals surface area contributed by atoms with Crippen LogP contribution in [0, 0.1) is 11.8 Å². The lowest BCUT2D eigenvalue weighted by Crippen LogP contribution is -2.48. The van der Waals surface area contributed by atoms with Gasteiger partial charge in [-0.2, -0.15) is 4.31 Å². The lowest BCUT2D eigenvalue weighted by molar-refractivity contribution is -0.139. The Labute approximate surface area is 369 Å². The summed E-state index contributed by atoms with van der Waals surface area (Å²) in [7, 11) is 0.623. The number of esters is 1. The summed E-state index contributed by atoms with van der Waals surface area (Å²) in [4.78, 5) is 15.8. The molecule has 0 bridgehead atoms. The molecule has 0 unspecified atom stereocenters. The molecule has 1 fully saturated rings. The number of thioether (sulfide) groups is 1. The summed E-state index contributed by atoms with van der Waals surface area (Å²) in [5.41, 5.74) is 5.68. The van der Waals surface area contributed by atoms with E-state index in [0.29, 0.717) is 42.2 Å². The van der Waals surface area contributed by atoms with Crippen molar-refractivity contribution in [3.05, 3.63) is 142 Å². The van der Waals surface area contributed by atoms with E-state index in [0.717, 1.165) is 76.7 Å². The van der Waals surface area contributed by atoms with Gasteiger partial charge in [-0.25, -0.2) is 8.42 Å². The lowest BCUT2D eigenvalue weighted by Gasteiger charge is -2.44. The molecule has 5 aromatic carbocycles. The standard InChI is InChI=1S/C49H53ClN2O7S2/c1-56-41-16-9-34(10-17-41)28-52(29-35-11-18-42(57-2)19-12-35)61(54,55)44-20-22-47-46(27-44)51(32-49(33-59-47)23-5-7-37-26-40(50)15-21-45(37)49)30-38-13-14-39(38)31-60-43-8-4-6-36(24-43)25-48(53)58-3/h4,6,8-12,15-22,24,26-27,38-39H,5,7,13-14,23,25,28-33H2,1-3H3/t38-,39-,49-/m0/s1. The van der Waals surface area contributed by atoms with Crippen LogP contribution in [0.5, 0.6) is 17.2 Å². The first-order valence-corrected chi connectivity index (χ1v) is 23.7. The van der Waals surface area contributed by atoms with Crippen LogP contribution in [-0.4, -0.2) is 65.5 Å². The first-order chi connectivity index (χ1) is 29.5. The molecule has 8 rings (SSSR count). The number of anilines is 1. The topological polar surface area (TPSA) is 94.6 Å². The Kier molecular flexibility index (Phi) is 13.2. The zero-order valence-corrected chi connectivity index (χ0v) is 37.4. The number of sulfonamides is 1. The molecule has 3 atom stereocenters. The zero-order chi connectivity index (χ0) is 42.6. The highest BCUT2D eigenvalue weighted by molar-refractivity contribution is 7.99. The Morgan fingerprint density at radius 2 is 1.56 bits per heavy atom. The Balaban J connectivity index is 1.11. The van der Waals surface area contributed by atoms with Gasteiger partial charge in [-0.1, -0.05) is 54.1 Å². The van der Waals surface area contributed by atoms with Crippen molar-refractivity contribution in [2.45, 2.75) is 66.8 Å². The van der Waals surface area contributed by atoms with E-state index in [2.05, 4.69) is 29.2 Å². The smallest absolute Gasteiger partial charge is 0.309 e. The van der Waals surface area contributed by atoms with Crippen molar-refractivity contribution in [3.8, 4) is 17.2 Å². The summed E-state index contributed by atoms with van der Waals surface area (Å²) in [6.45, 7) is 2.31. The van der Waals surface area contributed by atoms with Crippen molar-refractivity contribution in [2.24, 2.45) is 11.8 Å². The van der Waals surface area contributed by atoms with E-state index < -0.39 is 10.0 Å². The summed E-state index contributed by atoms with van der Waals surface area (Å²) in [6.07, 6.45) is 5.42. The molecule has 12 heteroatoms. The average Bonchev–Trinajstić information content (AvgIpc) is 3.42. The summed E-state index contributed by atoms with van der Waals surface area (Å²) >= 11 is 8.37. The number of hydrogen-bond donors (Lipinski definition) is 0. The zero-order valence-electron chi connectivity index (χ0n) is 35.0. The fourth-order valence-electron chi connectivity index (χ4n) is 9.07. The van der Waals surface area contributed by atoms with Gasteiger partial charge < -0.3 is 23.8 Å². The highest BCUT2D eigenvalue weighted by Gasteiger charge is 2.44. The van der Waals surface area contributed by atoms with Gasteiger partial charge in [0.15, 0.2) is 0 Å². The molecule has 0 aromatic heterocycles. The maximum absolute atomic E-state index is 15.0. The van der Waals surface area contributed by atoms with Gasteiger partial charge in [0.25, 0.3) is 0 Å². The van der Waals surface area contributed by atoms with Crippen molar-refractivity contribution >= 4 is 45.0 Å². The van der Waals surface area contributed by atoms with E-state index in [9.17, 15) is 13.2 Å². The van der Waals surface area contributed by atoms with Crippen LogP contribution in [0.3, 0.4) is 0 Å². The fraction of sp³-hybridized carbons (Fsp3) is 0.367. The van der Waals surface area contributed by atoms with Crippen LogP contribution < -0.4 is 19.1 Å². The van der Waals surface area contributed by atoms with Crippen molar-refractivity contribution in [1.82, 2.24) is 4.31 Å². The normalized spacial score (nSPS) is 19.6. The summed E-state index contributed by atoms with van der Waals surface area (Å²) in [5.74, 6) is 3.70. The molecule has 1 saturated carbocycles. The predicted octanol–water partition coefficient (Wildman–Crippen LogP) is 9.76. The third kappa shape index (κ3) is 9.70. The van der Waals surface area contributed by atoms with Gasteiger partial charge in [0, 0.05) is 47.3 Å². The number of benzene rings is 5. The molecular formula is C49H53ClN2O7S2. The molecule has 0 amide bonds. The highest BCUT2D eigenvalue weighted by Crippen LogP contribution is 2.47. The van der Waals surface area contributed by atoms with Crippen LogP contribution in [-0.2, 0) is 50.9 Å². The number of ether oxygens (including phenoxy) is 4. The van der Waals surface area contributed by atoms with Gasteiger partial charge in [-0.15, -0.1) is 11.8 Å². The maximum atomic E-state index is 15.0. The molecule has 61 heavy (non-hydrogen) atoms. The van der Waals surface area contributed by atoms with E-state index in [1.54, 1.807) is 24.6 Å². The molecule has 9 nitrogen and oxygen atoms in total. The molecule has 1 spiro atoms. The molecule has 2 aliphatic carbocycles. The fourth-order valence-corrected chi connectivity index (χ4v) is 12.0. The molecule has 1 heterocycles. The molecule has 0 saturated heterocycles. The number of aryl methyl sites for hydroxylation is 1. The van der Waals surface area contributed by atoms with Crippen molar-refractivity contribution in [3.63, 3.8) is 0 Å². The number of carbonyl (C=O) groups is 1. The van der Waals surface area contributed by atoms with Gasteiger partial charge in [-0.3, -0.25) is 4.79 Å². The molecule has 0 N–H and O–H groups in total. The maximum Gasteiger partial charge on any atom is 0.309 e. The first kappa shape index (κ1) is 43.0.